The maximum Gasteiger partial charge on any atom is 0.194 e. The molecule has 1 aromatic heterocycles. The highest BCUT2D eigenvalue weighted by Gasteiger charge is 2.47. The van der Waals surface area contributed by atoms with Crippen LogP contribution < -0.4 is 0 Å². The zero-order valence-electron chi connectivity index (χ0n) is 17.3. The second-order valence-corrected chi connectivity index (χ2v) is 14.3. The van der Waals surface area contributed by atoms with Gasteiger partial charge >= 0.3 is 0 Å². The number of rotatable bonds is 6. The van der Waals surface area contributed by atoms with Crippen molar-refractivity contribution >= 4 is 24.9 Å². The van der Waals surface area contributed by atoms with Gasteiger partial charge in [-0.15, -0.1) is 5.10 Å². The number of hydrogen-bond donors (Lipinski definition) is 0. The van der Waals surface area contributed by atoms with E-state index in [1.807, 2.05) is 54.6 Å². The van der Waals surface area contributed by atoms with Crippen molar-refractivity contribution < 1.29 is 9.18 Å². The van der Waals surface area contributed by atoms with Crippen LogP contribution >= 0.6 is 0 Å². The largest absolute Gasteiger partial charge is 0.291 e. The van der Waals surface area contributed by atoms with Crippen molar-refractivity contribution in [3.05, 3.63) is 95.8 Å². The first-order valence-corrected chi connectivity index (χ1v) is 13.7. The summed E-state index contributed by atoms with van der Waals surface area (Å²) >= 11 is 0. The molecule has 1 unspecified atom stereocenters. The summed E-state index contributed by atoms with van der Waals surface area (Å²) in [5, 5.41) is 8.83. The fourth-order valence-electron chi connectivity index (χ4n) is 4.08. The fraction of sp³-hybridized carbons (Fsp3) is 0.208. The number of halogens is 1. The standard InChI is InChI=1S/C24H24FN3OSi/c1-30(2,3)17-24(19-9-5-4-6-10-19,23(29)18-13-15-20(25)16-14-18)28-22-12-8-7-11-21(22)26-27-28/h4-16H,17H2,1-3H3. The highest BCUT2D eigenvalue weighted by molar-refractivity contribution is 6.76. The Bertz CT molecular complexity index is 1180. The maximum atomic E-state index is 14.2. The SMILES string of the molecule is C[Si](C)(C)CC(C(=O)c1ccc(F)cc1)(c1ccccc1)n1nnc2ccccc21. The summed E-state index contributed by atoms with van der Waals surface area (Å²) in [4.78, 5) is 14.2. The lowest BCUT2D eigenvalue weighted by Gasteiger charge is -2.38. The minimum atomic E-state index is -1.81. The summed E-state index contributed by atoms with van der Waals surface area (Å²) in [6.07, 6.45) is 0. The Kier molecular flexibility index (Phi) is 5.11. The number of ketones is 1. The molecule has 0 saturated carbocycles. The zero-order valence-corrected chi connectivity index (χ0v) is 18.3. The molecule has 0 bridgehead atoms. The summed E-state index contributed by atoms with van der Waals surface area (Å²) in [5.41, 5.74) is 1.78. The molecule has 1 heterocycles. The van der Waals surface area contributed by atoms with Gasteiger partial charge < -0.3 is 0 Å². The molecule has 0 aliphatic carbocycles. The number of hydrogen-bond acceptors (Lipinski definition) is 3. The predicted octanol–water partition coefficient (Wildman–Crippen LogP) is 5.54. The van der Waals surface area contributed by atoms with Crippen LogP contribution in [-0.2, 0) is 5.54 Å². The molecule has 30 heavy (non-hydrogen) atoms. The summed E-state index contributed by atoms with van der Waals surface area (Å²) in [6, 6.07) is 23.8. The Morgan fingerprint density at radius 2 is 1.57 bits per heavy atom. The average molecular weight is 418 g/mol. The number of aromatic nitrogens is 3. The molecule has 152 valence electrons. The number of benzene rings is 3. The quantitative estimate of drug-likeness (QED) is 0.306. The van der Waals surface area contributed by atoms with Crippen LogP contribution in [0.1, 0.15) is 15.9 Å². The molecule has 0 spiro atoms. The van der Waals surface area contributed by atoms with Gasteiger partial charge in [-0.05, 0) is 48.0 Å². The average Bonchev–Trinajstić information content (AvgIpc) is 3.17. The van der Waals surface area contributed by atoms with E-state index in [2.05, 4.69) is 30.0 Å². The Morgan fingerprint density at radius 1 is 0.933 bits per heavy atom. The highest BCUT2D eigenvalue weighted by Crippen LogP contribution is 2.39. The van der Waals surface area contributed by atoms with E-state index in [1.54, 1.807) is 16.8 Å². The molecule has 0 radical (unpaired) electrons. The number of carbonyl (C=O) groups excluding carboxylic acids is 1. The van der Waals surface area contributed by atoms with Gasteiger partial charge in [0.1, 0.15) is 11.3 Å². The fourth-order valence-corrected chi connectivity index (χ4v) is 6.13. The lowest BCUT2D eigenvalue weighted by Crippen LogP contribution is -2.48. The van der Waals surface area contributed by atoms with E-state index in [1.165, 1.54) is 12.1 Å². The first-order valence-electron chi connectivity index (χ1n) is 9.98. The van der Waals surface area contributed by atoms with Gasteiger partial charge in [0.25, 0.3) is 0 Å². The summed E-state index contributed by atoms with van der Waals surface area (Å²) in [5.74, 6) is -0.472. The van der Waals surface area contributed by atoms with Gasteiger partial charge in [-0.2, -0.15) is 0 Å². The molecule has 0 N–H and O–H groups in total. The van der Waals surface area contributed by atoms with E-state index in [9.17, 15) is 9.18 Å². The normalized spacial score (nSPS) is 13.9. The first-order chi connectivity index (χ1) is 14.3. The number of Topliss-reactive ketones (excluding diaryl/α,β-unsaturated/α-hetero) is 1. The van der Waals surface area contributed by atoms with Crippen LogP contribution in [0.4, 0.5) is 4.39 Å². The van der Waals surface area contributed by atoms with E-state index in [4.69, 9.17) is 0 Å². The third kappa shape index (κ3) is 3.59. The topological polar surface area (TPSA) is 47.8 Å². The molecule has 1 atom stereocenters. The Hall–Kier alpha value is -3.12. The summed E-state index contributed by atoms with van der Waals surface area (Å²) in [6.45, 7) is 6.71. The molecule has 4 aromatic rings. The summed E-state index contributed by atoms with van der Waals surface area (Å²) in [7, 11) is -1.81. The van der Waals surface area contributed by atoms with E-state index in [0.29, 0.717) is 11.6 Å². The molecule has 3 aromatic carbocycles. The van der Waals surface area contributed by atoms with Gasteiger partial charge in [0.2, 0.25) is 0 Å². The van der Waals surface area contributed by atoms with E-state index < -0.39 is 13.6 Å². The lowest BCUT2D eigenvalue weighted by molar-refractivity contribution is 0.0858. The van der Waals surface area contributed by atoms with Crippen LogP contribution in [0.2, 0.25) is 25.7 Å². The zero-order chi connectivity index (χ0) is 21.4. The van der Waals surface area contributed by atoms with Crippen molar-refractivity contribution in [1.82, 2.24) is 15.0 Å². The highest BCUT2D eigenvalue weighted by atomic mass is 28.3. The van der Waals surface area contributed by atoms with Gasteiger partial charge in [-0.3, -0.25) is 4.79 Å². The van der Waals surface area contributed by atoms with E-state index >= 15 is 0 Å². The minimum absolute atomic E-state index is 0.105. The smallest absolute Gasteiger partial charge is 0.194 e. The molecular weight excluding hydrogens is 393 g/mol. The van der Waals surface area contributed by atoms with Crippen LogP contribution in [-0.4, -0.2) is 28.9 Å². The number of carbonyl (C=O) groups is 1. The summed E-state index contributed by atoms with van der Waals surface area (Å²) < 4.78 is 15.4. The monoisotopic (exact) mass is 417 g/mol. The van der Waals surface area contributed by atoms with E-state index in [-0.39, 0.29) is 11.6 Å². The van der Waals surface area contributed by atoms with Crippen LogP contribution in [0.25, 0.3) is 11.0 Å². The first kappa shape index (κ1) is 20.2. The molecule has 0 aliphatic heterocycles. The second-order valence-electron chi connectivity index (χ2n) is 8.79. The van der Waals surface area contributed by atoms with Crippen LogP contribution in [0.3, 0.4) is 0 Å². The minimum Gasteiger partial charge on any atom is -0.291 e. The van der Waals surface area contributed by atoms with Gasteiger partial charge in [-0.25, -0.2) is 9.07 Å². The Morgan fingerprint density at radius 3 is 2.23 bits per heavy atom. The molecule has 4 rings (SSSR count). The third-order valence-corrected chi connectivity index (χ3v) is 6.81. The molecule has 6 heteroatoms. The van der Waals surface area contributed by atoms with Crippen molar-refractivity contribution in [2.24, 2.45) is 0 Å². The number of para-hydroxylation sites is 1. The van der Waals surface area contributed by atoms with E-state index in [0.717, 1.165) is 16.6 Å². The van der Waals surface area contributed by atoms with Gasteiger partial charge in [-0.1, -0.05) is 67.3 Å². The number of fused-ring (bicyclic) bond motifs is 1. The van der Waals surface area contributed by atoms with Crippen molar-refractivity contribution in [3.8, 4) is 0 Å². The Labute approximate surface area is 176 Å². The van der Waals surface area contributed by atoms with Gasteiger partial charge in [0.15, 0.2) is 11.3 Å². The molecule has 0 saturated heterocycles. The number of nitrogens with zero attached hydrogens (tertiary/aromatic N) is 3. The molecule has 0 fully saturated rings. The predicted molar refractivity (Wildman–Crippen MR) is 120 cm³/mol. The third-order valence-electron chi connectivity index (χ3n) is 5.23. The Balaban J connectivity index is 2.06. The molecule has 4 nitrogen and oxygen atoms in total. The lowest BCUT2D eigenvalue weighted by atomic mass is 9.83. The second kappa shape index (κ2) is 7.61. The van der Waals surface area contributed by atoms with Gasteiger partial charge in [0, 0.05) is 13.6 Å². The van der Waals surface area contributed by atoms with Crippen molar-refractivity contribution in [3.63, 3.8) is 0 Å². The van der Waals surface area contributed by atoms with Crippen LogP contribution in [0.5, 0.6) is 0 Å². The van der Waals surface area contributed by atoms with Crippen LogP contribution in [0, 0.1) is 5.82 Å². The van der Waals surface area contributed by atoms with Crippen molar-refractivity contribution in [1.29, 1.82) is 0 Å². The van der Waals surface area contributed by atoms with Crippen LogP contribution in [0.15, 0.2) is 78.9 Å². The maximum absolute atomic E-state index is 14.2. The molecule has 0 amide bonds. The van der Waals surface area contributed by atoms with Gasteiger partial charge in [0.05, 0.1) is 5.52 Å². The molecular formula is C24H24FN3OSi. The van der Waals surface area contributed by atoms with Crippen molar-refractivity contribution in [2.45, 2.75) is 31.2 Å². The molecule has 0 aliphatic rings. The van der Waals surface area contributed by atoms with Crippen molar-refractivity contribution in [2.75, 3.05) is 0 Å².